The monoisotopic (exact) mass is 297 g/mol. The Bertz CT molecular complexity index is 370. The Morgan fingerprint density at radius 1 is 1.29 bits per heavy atom. The Morgan fingerprint density at radius 2 is 2.00 bits per heavy atom. The maximum Gasteiger partial charge on any atom is 0.329 e. The van der Waals surface area contributed by atoms with Crippen molar-refractivity contribution in [3.05, 3.63) is 0 Å². The van der Waals surface area contributed by atoms with Crippen LogP contribution in [-0.4, -0.2) is 60.1 Å². The van der Waals surface area contributed by atoms with Crippen LogP contribution in [0.1, 0.15) is 39.0 Å². The van der Waals surface area contributed by atoms with E-state index in [9.17, 15) is 14.7 Å². The molecule has 21 heavy (non-hydrogen) atoms. The molecular formula is C15H27N3O3. The second kappa shape index (κ2) is 7.22. The summed E-state index contributed by atoms with van der Waals surface area (Å²) in [4.78, 5) is 26.0. The second-order valence-electron chi connectivity index (χ2n) is 6.50. The summed E-state index contributed by atoms with van der Waals surface area (Å²) >= 11 is 0. The predicted octanol–water partition coefficient (Wildman–Crippen LogP) is 0.431. The zero-order valence-electron chi connectivity index (χ0n) is 12.9. The van der Waals surface area contributed by atoms with Crippen LogP contribution in [-0.2, 0) is 9.59 Å². The number of carbonyl (C=O) groups excluding carboxylic acids is 1. The van der Waals surface area contributed by atoms with Crippen molar-refractivity contribution in [3.8, 4) is 0 Å². The van der Waals surface area contributed by atoms with Gasteiger partial charge < -0.3 is 15.7 Å². The molecule has 2 aliphatic rings. The number of amides is 1. The van der Waals surface area contributed by atoms with E-state index in [2.05, 4.69) is 22.5 Å². The van der Waals surface area contributed by atoms with E-state index in [-0.39, 0.29) is 5.91 Å². The fourth-order valence-electron chi connectivity index (χ4n) is 3.22. The fraction of sp³-hybridized carbons (Fsp3) is 0.867. The number of aliphatic carboxylic acids is 1. The van der Waals surface area contributed by atoms with Gasteiger partial charge in [-0.3, -0.25) is 9.69 Å². The number of nitrogens with zero attached hydrogens (tertiary/aromatic N) is 1. The van der Waals surface area contributed by atoms with Crippen LogP contribution in [0, 0.1) is 5.92 Å². The molecule has 1 aliphatic heterocycles. The smallest absolute Gasteiger partial charge is 0.329 e. The maximum absolute atomic E-state index is 12.2. The van der Waals surface area contributed by atoms with E-state index >= 15 is 0 Å². The van der Waals surface area contributed by atoms with Gasteiger partial charge in [-0.2, -0.15) is 0 Å². The van der Waals surface area contributed by atoms with Crippen molar-refractivity contribution in [2.75, 3.05) is 32.7 Å². The summed E-state index contributed by atoms with van der Waals surface area (Å²) in [7, 11) is 0. The van der Waals surface area contributed by atoms with E-state index in [0.29, 0.717) is 25.3 Å². The fourth-order valence-corrected chi connectivity index (χ4v) is 3.22. The molecule has 6 nitrogen and oxygen atoms in total. The van der Waals surface area contributed by atoms with E-state index < -0.39 is 11.5 Å². The molecule has 0 aromatic heterocycles. The number of carboxylic acid groups (broad SMARTS) is 1. The minimum Gasteiger partial charge on any atom is -0.480 e. The molecule has 0 aromatic rings. The van der Waals surface area contributed by atoms with Crippen LogP contribution >= 0.6 is 0 Å². The van der Waals surface area contributed by atoms with Gasteiger partial charge in [0.1, 0.15) is 5.54 Å². The number of nitrogens with one attached hydrogen (secondary N) is 2. The molecule has 0 unspecified atom stereocenters. The molecule has 120 valence electrons. The van der Waals surface area contributed by atoms with Crippen molar-refractivity contribution in [3.63, 3.8) is 0 Å². The highest BCUT2D eigenvalue weighted by molar-refractivity contribution is 5.88. The largest absolute Gasteiger partial charge is 0.480 e. The summed E-state index contributed by atoms with van der Waals surface area (Å²) in [6.45, 7) is 6.02. The van der Waals surface area contributed by atoms with Crippen molar-refractivity contribution >= 4 is 11.9 Å². The molecule has 2 rings (SSSR count). The Labute approximate surface area is 126 Å². The molecule has 1 aliphatic carbocycles. The van der Waals surface area contributed by atoms with Gasteiger partial charge in [0.25, 0.3) is 0 Å². The molecule has 1 saturated carbocycles. The average molecular weight is 297 g/mol. The normalized spacial score (nSPS) is 31.4. The third kappa shape index (κ3) is 4.41. The van der Waals surface area contributed by atoms with Gasteiger partial charge >= 0.3 is 5.97 Å². The number of carboxylic acids is 1. The zero-order valence-corrected chi connectivity index (χ0v) is 12.9. The molecule has 0 radical (unpaired) electrons. The van der Waals surface area contributed by atoms with Crippen molar-refractivity contribution in [2.45, 2.75) is 44.6 Å². The lowest BCUT2D eigenvalue weighted by molar-refractivity contribution is -0.149. The third-order valence-corrected chi connectivity index (χ3v) is 4.72. The van der Waals surface area contributed by atoms with Crippen LogP contribution in [0.4, 0.5) is 0 Å². The summed E-state index contributed by atoms with van der Waals surface area (Å²) < 4.78 is 0. The summed E-state index contributed by atoms with van der Waals surface area (Å²) in [5.74, 6) is -0.500. The van der Waals surface area contributed by atoms with Gasteiger partial charge in [-0.1, -0.05) is 6.92 Å². The lowest BCUT2D eigenvalue weighted by Gasteiger charge is -2.37. The molecule has 1 heterocycles. The third-order valence-electron chi connectivity index (χ3n) is 4.72. The zero-order chi connectivity index (χ0) is 15.3. The van der Waals surface area contributed by atoms with E-state index in [1.54, 1.807) is 0 Å². The number of hydrogen-bond acceptors (Lipinski definition) is 4. The van der Waals surface area contributed by atoms with Crippen molar-refractivity contribution < 1.29 is 14.7 Å². The molecule has 1 amide bonds. The molecular weight excluding hydrogens is 270 g/mol. The first-order valence-corrected chi connectivity index (χ1v) is 7.99. The summed E-state index contributed by atoms with van der Waals surface area (Å²) in [5.41, 5.74) is -1.05. The van der Waals surface area contributed by atoms with Crippen LogP contribution in [0.5, 0.6) is 0 Å². The van der Waals surface area contributed by atoms with Crippen LogP contribution in [0.25, 0.3) is 0 Å². The average Bonchev–Trinajstić information content (AvgIpc) is 2.70. The molecule has 0 aromatic carbocycles. The lowest BCUT2D eigenvalue weighted by atomic mass is 9.77. The summed E-state index contributed by atoms with van der Waals surface area (Å²) in [5, 5.41) is 15.7. The van der Waals surface area contributed by atoms with Gasteiger partial charge in [0.2, 0.25) is 5.91 Å². The highest BCUT2D eigenvalue weighted by Crippen LogP contribution is 2.32. The minimum atomic E-state index is -1.05. The van der Waals surface area contributed by atoms with Crippen LogP contribution in [0.15, 0.2) is 0 Å². The van der Waals surface area contributed by atoms with Crippen LogP contribution in [0.3, 0.4) is 0 Å². The summed E-state index contributed by atoms with van der Waals surface area (Å²) in [6.07, 6.45) is 3.82. The topological polar surface area (TPSA) is 81.7 Å². The molecule has 0 atom stereocenters. The van der Waals surface area contributed by atoms with Gasteiger partial charge in [-0.25, -0.2) is 4.79 Å². The first kappa shape index (κ1) is 16.2. The van der Waals surface area contributed by atoms with Crippen molar-refractivity contribution in [1.82, 2.24) is 15.5 Å². The maximum atomic E-state index is 12.2. The van der Waals surface area contributed by atoms with Gasteiger partial charge in [0, 0.05) is 13.1 Å². The molecule has 1 saturated heterocycles. The standard InChI is InChI=1S/C15H27N3O3/c1-12-3-5-15(6-4-12,14(20)21)17-13(19)11-18-9-2-7-16-8-10-18/h12,16H,2-11H2,1H3,(H,17,19)(H,20,21). The van der Waals surface area contributed by atoms with E-state index in [0.717, 1.165) is 45.4 Å². The minimum absolute atomic E-state index is 0.158. The Kier molecular flexibility index (Phi) is 5.58. The van der Waals surface area contributed by atoms with Gasteiger partial charge in [0.15, 0.2) is 0 Å². The number of rotatable bonds is 4. The van der Waals surface area contributed by atoms with Crippen LogP contribution < -0.4 is 10.6 Å². The van der Waals surface area contributed by atoms with Crippen LogP contribution in [0.2, 0.25) is 0 Å². The lowest BCUT2D eigenvalue weighted by Crippen LogP contribution is -2.58. The highest BCUT2D eigenvalue weighted by Gasteiger charge is 2.42. The predicted molar refractivity (Wildman–Crippen MR) is 80.1 cm³/mol. The molecule has 0 spiro atoms. The Balaban J connectivity index is 1.90. The quantitative estimate of drug-likeness (QED) is 0.701. The Hall–Kier alpha value is -1.14. The van der Waals surface area contributed by atoms with E-state index in [1.807, 2.05) is 0 Å². The Morgan fingerprint density at radius 3 is 2.67 bits per heavy atom. The van der Waals surface area contributed by atoms with Gasteiger partial charge in [-0.05, 0) is 51.1 Å². The molecule has 3 N–H and O–H groups in total. The number of carbonyl (C=O) groups is 2. The molecule has 0 bridgehead atoms. The molecule has 6 heteroatoms. The number of hydrogen-bond donors (Lipinski definition) is 3. The molecule has 2 fully saturated rings. The first-order valence-electron chi connectivity index (χ1n) is 7.99. The first-order chi connectivity index (χ1) is 10.0. The SMILES string of the molecule is CC1CCC(NC(=O)CN2CCCNCC2)(C(=O)O)CC1. The van der Waals surface area contributed by atoms with Crippen molar-refractivity contribution in [2.24, 2.45) is 5.92 Å². The van der Waals surface area contributed by atoms with Crippen molar-refractivity contribution in [1.29, 1.82) is 0 Å². The van der Waals surface area contributed by atoms with Gasteiger partial charge in [-0.15, -0.1) is 0 Å². The van der Waals surface area contributed by atoms with Gasteiger partial charge in [0.05, 0.1) is 6.54 Å². The summed E-state index contributed by atoms with van der Waals surface area (Å²) in [6, 6.07) is 0. The second-order valence-corrected chi connectivity index (χ2v) is 6.50. The van der Waals surface area contributed by atoms with E-state index in [1.165, 1.54) is 0 Å². The highest BCUT2D eigenvalue weighted by atomic mass is 16.4. The van der Waals surface area contributed by atoms with E-state index in [4.69, 9.17) is 0 Å².